The van der Waals surface area contributed by atoms with Crippen LogP contribution in [0, 0.1) is 11.8 Å². The van der Waals surface area contributed by atoms with Crippen molar-refractivity contribution < 1.29 is 32.7 Å². The van der Waals surface area contributed by atoms with Crippen molar-refractivity contribution >= 4 is 17.8 Å². The SMILES string of the molecule is NC(=O)[C@H](CCC(=O)O)N1Cc2cc(C[C@H]3CCCC[C@@H]3NC3CCC(C(F)(F)F)CC3)ccc2C1=O. The number of alkyl halides is 3. The Kier molecular flexibility index (Phi) is 8.46. The van der Waals surface area contributed by atoms with Crippen LogP contribution < -0.4 is 11.1 Å². The number of nitrogens with zero attached hydrogens (tertiary/aromatic N) is 1. The van der Waals surface area contributed by atoms with Crippen LogP contribution in [0.4, 0.5) is 13.2 Å². The van der Waals surface area contributed by atoms with Gasteiger partial charge in [0.2, 0.25) is 5.91 Å². The number of benzene rings is 1. The van der Waals surface area contributed by atoms with Crippen molar-refractivity contribution in [1.29, 1.82) is 0 Å². The molecule has 0 unspecified atom stereocenters. The van der Waals surface area contributed by atoms with Gasteiger partial charge < -0.3 is 21.1 Å². The van der Waals surface area contributed by atoms with Gasteiger partial charge >= 0.3 is 12.1 Å². The van der Waals surface area contributed by atoms with E-state index in [1.807, 2.05) is 12.1 Å². The molecule has 1 aromatic carbocycles. The van der Waals surface area contributed by atoms with Crippen LogP contribution in [-0.4, -0.2) is 52.1 Å². The van der Waals surface area contributed by atoms with E-state index in [-0.39, 0.29) is 50.2 Å². The molecule has 4 N–H and O–H groups in total. The fraction of sp³-hybridized carbons (Fsp3) is 0.667. The average Bonchev–Trinajstić information content (AvgIpc) is 3.15. The van der Waals surface area contributed by atoms with Gasteiger partial charge in [0.05, 0.1) is 5.92 Å². The van der Waals surface area contributed by atoms with Crippen LogP contribution in [0.5, 0.6) is 0 Å². The number of carbonyl (C=O) groups is 3. The quantitative estimate of drug-likeness (QED) is 0.450. The smallest absolute Gasteiger partial charge is 0.391 e. The molecule has 10 heteroatoms. The Morgan fingerprint density at radius 2 is 1.81 bits per heavy atom. The minimum atomic E-state index is -4.10. The largest absolute Gasteiger partial charge is 0.481 e. The van der Waals surface area contributed by atoms with Crippen molar-refractivity contribution in [3.63, 3.8) is 0 Å². The Bertz CT molecular complexity index is 1010. The van der Waals surface area contributed by atoms with E-state index in [0.717, 1.165) is 43.2 Å². The fourth-order valence-corrected chi connectivity index (χ4v) is 6.35. The molecule has 2 saturated carbocycles. The number of primary amides is 1. The molecule has 0 aromatic heterocycles. The first-order valence-corrected chi connectivity index (χ1v) is 13.3. The van der Waals surface area contributed by atoms with E-state index in [1.165, 1.54) is 4.90 Å². The van der Waals surface area contributed by atoms with Crippen LogP contribution in [0.15, 0.2) is 18.2 Å². The maximum absolute atomic E-state index is 13.0. The number of amides is 2. The molecule has 2 aliphatic carbocycles. The van der Waals surface area contributed by atoms with E-state index in [1.54, 1.807) is 6.07 Å². The molecule has 0 radical (unpaired) electrons. The van der Waals surface area contributed by atoms with Crippen LogP contribution in [0.25, 0.3) is 0 Å². The number of hydrogen-bond donors (Lipinski definition) is 3. The van der Waals surface area contributed by atoms with E-state index >= 15 is 0 Å². The highest BCUT2D eigenvalue weighted by molar-refractivity contribution is 6.01. The highest BCUT2D eigenvalue weighted by Gasteiger charge is 2.42. The van der Waals surface area contributed by atoms with Gasteiger partial charge in [0.25, 0.3) is 5.91 Å². The molecule has 0 saturated heterocycles. The topological polar surface area (TPSA) is 113 Å². The summed E-state index contributed by atoms with van der Waals surface area (Å²) in [6.45, 7) is 0.212. The van der Waals surface area contributed by atoms with Crippen molar-refractivity contribution in [2.45, 2.75) is 101 Å². The second kappa shape index (κ2) is 11.4. The first-order valence-electron chi connectivity index (χ1n) is 13.3. The number of fused-ring (bicyclic) bond motifs is 1. The summed E-state index contributed by atoms with van der Waals surface area (Å²) in [6.07, 6.45) is 2.15. The molecule has 0 spiro atoms. The first-order chi connectivity index (χ1) is 17.5. The van der Waals surface area contributed by atoms with E-state index in [0.29, 0.717) is 24.3 Å². The van der Waals surface area contributed by atoms with Crippen molar-refractivity contribution in [3.8, 4) is 0 Å². The molecule has 204 valence electrons. The van der Waals surface area contributed by atoms with Gasteiger partial charge in [0.15, 0.2) is 0 Å². The summed E-state index contributed by atoms with van der Waals surface area (Å²) in [5, 5.41) is 12.7. The molecule has 3 atom stereocenters. The maximum Gasteiger partial charge on any atom is 0.391 e. The third-order valence-electron chi connectivity index (χ3n) is 8.38. The third-order valence-corrected chi connectivity index (χ3v) is 8.38. The highest BCUT2D eigenvalue weighted by Crippen LogP contribution is 2.38. The molecule has 1 heterocycles. The maximum atomic E-state index is 13.0. The second-order valence-electron chi connectivity index (χ2n) is 10.9. The van der Waals surface area contributed by atoms with E-state index in [2.05, 4.69) is 5.32 Å². The predicted molar refractivity (Wildman–Crippen MR) is 131 cm³/mol. The van der Waals surface area contributed by atoms with Gasteiger partial charge in [-0.3, -0.25) is 14.4 Å². The lowest BCUT2D eigenvalue weighted by atomic mass is 9.78. The van der Waals surface area contributed by atoms with Gasteiger partial charge in [0.1, 0.15) is 6.04 Å². The van der Waals surface area contributed by atoms with E-state index in [9.17, 15) is 27.6 Å². The number of nitrogens with one attached hydrogen (secondary N) is 1. The summed E-state index contributed by atoms with van der Waals surface area (Å²) in [5.74, 6) is -2.92. The molecule has 1 aromatic rings. The lowest BCUT2D eigenvalue weighted by Gasteiger charge is -2.38. The summed E-state index contributed by atoms with van der Waals surface area (Å²) in [4.78, 5) is 37.2. The Morgan fingerprint density at radius 3 is 2.46 bits per heavy atom. The Balaban J connectivity index is 1.39. The second-order valence-corrected chi connectivity index (χ2v) is 10.9. The summed E-state index contributed by atoms with van der Waals surface area (Å²) < 4.78 is 39.1. The van der Waals surface area contributed by atoms with Crippen LogP contribution in [0.2, 0.25) is 0 Å². The number of aliphatic carboxylic acids is 1. The molecule has 7 nitrogen and oxygen atoms in total. The number of carboxylic acid groups (broad SMARTS) is 1. The van der Waals surface area contributed by atoms with Crippen LogP contribution in [0.3, 0.4) is 0 Å². The zero-order chi connectivity index (χ0) is 26.7. The standard InChI is InChI=1S/C27H36F3N3O4/c28-27(29,30)19-6-8-20(9-7-19)32-22-4-2-1-3-17(22)13-16-5-10-21-18(14-16)15-33(26(21)37)23(25(31)36)11-12-24(34)35/h5,10,14,17,19-20,22-23,32H,1-4,6-9,11-13,15H2,(H2,31,36)(H,34,35)/t17-,19?,20?,22+,23+/m1/s1. The minimum absolute atomic E-state index is 0.0302. The van der Waals surface area contributed by atoms with Crippen molar-refractivity contribution in [2.75, 3.05) is 0 Å². The zero-order valence-electron chi connectivity index (χ0n) is 20.9. The molecule has 1 aliphatic heterocycles. The summed E-state index contributed by atoms with van der Waals surface area (Å²) >= 11 is 0. The van der Waals surface area contributed by atoms with Crippen LogP contribution in [-0.2, 0) is 22.6 Å². The lowest BCUT2D eigenvalue weighted by Crippen LogP contribution is -2.47. The third kappa shape index (κ3) is 6.64. The van der Waals surface area contributed by atoms with Gasteiger partial charge in [-0.05, 0) is 74.5 Å². The van der Waals surface area contributed by atoms with Crippen molar-refractivity contribution in [2.24, 2.45) is 17.6 Å². The van der Waals surface area contributed by atoms with Crippen molar-refractivity contribution in [3.05, 3.63) is 34.9 Å². The summed E-state index contributed by atoms with van der Waals surface area (Å²) in [5.41, 5.74) is 7.87. The van der Waals surface area contributed by atoms with E-state index < -0.39 is 30.0 Å². The monoisotopic (exact) mass is 523 g/mol. The number of carboxylic acids is 1. The number of hydrogen-bond acceptors (Lipinski definition) is 4. The Hall–Kier alpha value is -2.62. The van der Waals surface area contributed by atoms with Crippen molar-refractivity contribution in [1.82, 2.24) is 10.2 Å². The molecule has 2 amide bonds. The zero-order valence-corrected chi connectivity index (χ0v) is 20.9. The number of carbonyl (C=O) groups excluding carboxylic acids is 2. The molecule has 37 heavy (non-hydrogen) atoms. The predicted octanol–water partition coefficient (Wildman–Crippen LogP) is 4.17. The first kappa shape index (κ1) is 27.4. The van der Waals surface area contributed by atoms with Gasteiger partial charge in [-0.25, -0.2) is 0 Å². The van der Waals surface area contributed by atoms with Gasteiger partial charge in [-0.15, -0.1) is 0 Å². The molecular formula is C27H36F3N3O4. The highest BCUT2D eigenvalue weighted by atomic mass is 19.4. The lowest BCUT2D eigenvalue weighted by molar-refractivity contribution is -0.183. The Labute approximate surface area is 215 Å². The van der Waals surface area contributed by atoms with Gasteiger partial charge in [0, 0.05) is 30.6 Å². The molecular weight excluding hydrogens is 487 g/mol. The normalized spacial score (nSPS) is 27.1. The van der Waals surface area contributed by atoms with Crippen LogP contribution >= 0.6 is 0 Å². The number of rotatable bonds is 9. The molecule has 3 aliphatic rings. The molecule has 2 fully saturated rings. The Morgan fingerprint density at radius 1 is 1.11 bits per heavy atom. The van der Waals surface area contributed by atoms with Crippen LogP contribution in [0.1, 0.15) is 85.7 Å². The van der Waals surface area contributed by atoms with Gasteiger partial charge in [-0.1, -0.05) is 25.0 Å². The molecule has 4 rings (SSSR count). The summed E-state index contributed by atoms with van der Waals surface area (Å²) in [6, 6.07) is 5.08. The fourth-order valence-electron chi connectivity index (χ4n) is 6.35. The summed E-state index contributed by atoms with van der Waals surface area (Å²) in [7, 11) is 0. The number of halogens is 3. The minimum Gasteiger partial charge on any atom is -0.481 e. The average molecular weight is 524 g/mol. The van der Waals surface area contributed by atoms with E-state index in [4.69, 9.17) is 10.8 Å². The molecule has 0 bridgehead atoms. The number of nitrogens with two attached hydrogens (primary N) is 1. The van der Waals surface area contributed by atoms with Gasteiger partial charge in [-0.2, -0.15) is 13.2 Å².